The lowest BCUT2D eigenvalue weighted by Gasteiger charge is -2.27. The summed E-state index contributed by atoms with van der Waals surface area (Å²) in [5.74, 6) is 0.496. The van der Waals surface area contributed by atoms with Crippen molar-refractivity contribution in [3.8, 4) is 0 Å². The van der Waals surface area contributed by atoms with Gasteiger partial charge < -0.3 is 15.7 Å². The zero-order valence-electron chi connectivity index (χ0n) is 10.4. The van der Waals surface area contributed by atoms with Crippen LogP contribution in [-0.2, 0) is 4.79 Å². The van der Waals surface area contributed by atoms with Crippen molar-refractivity contribution in [1.29, 1.82) is 0 Å². The molecule has 1 amide bonds. The van der Waals surface area contributed by atoms with Crippen LogP contribution >= 0.6 is 0 Å². The van der Waals surface area contributed by atoms with E-state index in [4.69, 9.17) is 0 Å². The fourth-order valence-electron chi connectivity index (χ4n) is 2.09. The molecule has 0 aliphatic heterocycles. The highest BCUT2D eigenvalue weighted by Crippen LogP contribution is 2.28. The van der Waals surface area contributed by atoms with E-state index in [0.717, 1.165) is 25.7 Å². The van der Waals surface area contributed by atoms with Gasteiger partial charge in [0.2, 0.25) is 5.91 Å². The molecule has 0 bridgehead atoms. The molecule has 1 aliphatic rings. The highest BCUT2D eigenvalue weighted by atomic mass is 16.3. The van der Waals surface area contributed by atoms with Gasteiger partial charge in [-0.2, -0.15) is 0 Å². The summed E-state index contributed by atoms with van der Waals surface area (Å²) in [4.78, 5) is 11.5. The number of rotatable bonds is 6. The van der Waals surface area contributed by atoms with Gasteiger partial charge in [0.15, 0.2) is 0 Å². The first-order valence-corrected chi connectivity index (χ1v) is 6.20. The molecule has 0 spiro atoms. The minimum atomic E-state index is -0.199. The van der Waals surface area contributed by atoms with E-state index in [0.29, 0.717) is 19.0 Å². The lowest BCUT2D eigenvalue weighted by molar-refractivity contribution is -0.120. The van der Waals surface area contributed by atoms with Gasteiger partial charge in [0.05, 0.1) is 13.2 Å². The van der Waals surface area contributed by atoms with Gasteiger partial charge >= 0.3 is 0 Å². The van der Waals surface area contributed by atoms with E-state index >= 15 is 0 Å². The number of nitrogens with one attached hydrogen (secondary N) is 2. The number of aliphatic hydroxyl groups is 1. The molecule has 16 heavy (non-hydrogen) atoms. The Labute approximate surface area is 97.8 Å². The van der Waals surface area contributed by atoms with Crippen molar-refractivity contribution in [1.82, 2.24) is 10.6 Å². The smallest absolute Gasteiger partial charge is 0.233 e. The molecule has 4 nitrogen and oxygen atoms in total. The maximum absolute atomic E-state index is 11.5. The SMILES string of the molecule is CC(C)CNC(=O)CNC1(CO)CCCC1. The number of hydrogen-bond donors (Lipinski definition) is 3. The molecule has 0 unspecified atom stereocenters. The first-order chi connectivity index (χ1) is 7.58. The van der Waals surface area contributed by atoms with Gasteiger partial charge in [-0.1, -0.05) is 26.7 Å². The third kappa shape index (κ3) is 4.10. The quantitative estimate of drug-likeness (QED) is 0.625. The fraction of sp³-hybridized carbons (Fsp3) is 0.917. The van der Waals surface area contributed by atoms with Gasteiger partial charge in [0.25, 0.3) is 0 Å². The van der Waals surface area contributed by atoms with Crippen LogP contribution in [0.1, 0.15) is 39.5 Å². The maximum Gasteiger partial charge on any atom is 0.233 e. The van der Waals surface area contributed by atoms with Gasteiger partial charge in [-0.3, -0.25) is 4.79 Å². The van der Waals surface area contributed by atoms with Crippen molar-refractivity contribution in [2.75, 3.05) is 19.7 Å². The standard InChI is InChI=1S/C12H24N2O2/c1-10(2)7-13-11(16)8-14-12(9-15)5-3-4-6-12/h10,14-15H,3-9H2,1-2H3,(H,13,16). The topological polar surface area (TPSA) is 61.4 Å². The number of carbonyl (C=O) groups excluding carboxylic acids is 1. The van der Waals surface area contributed by atoms with Crippen molar-refractivity contribution >= 4 is 5.91 Å². The minimum absolute atomic E-state index is 0.0217. The monoisotopic (exact) mass is 228 g/mol. The summed E-state index contributed by atoms with van der Waals surface area (Å²) in [5, 5.41) is 15.4. The Morgan fingerprint density at radius 2 is 2.00 bits per heavy atom. The van der Waals surface area contributed by atoms with E-state index in [1.54, 1.807) is 0 Å². The highest BCUT2D eigenvalue weighted by Gasteiger charge is 2.32. The minimum Gasteiger partial charge on any atom is -0.394 e. The second kappa shape index (κ2) is 6.21. The van der Waals surface area contributed by atoms with Gasteiger partial charge in [-0.15, -0.1) is 0 Å². The average molecular weight is 228 g/mol. The van der Waals surface area contributed by atoms with Crippen LogP contribution in [0.15, 0.2) is 0 Å². The maximum atomic E-state index is 11.5. The van der Waals surface area contributed by atoms with Crippen LogP contribution in [0.5, 0.6) is 0 Å². The number of aliphatic hydroxyl groups excluding tert-OH is 1. The van der Waals surface area contributed by atoms with Gasteiger partial charge in [0.1, 0.15) is 0 Å². The van der Waals surface area contributed by atoms with Crippen LogP contribution in [0.2, 0.25) is 0 Å². The molecule has 0 saturated heterocycles. The number of hydrogen-bond acceptors (Lipinski definition) is 3. The fourth-order valence-corrected chi connectivity index (χ4v) is 2.09. The molecular weight excluding hydrogens is 204 g/mol. The van der Waals surface area contributed by atoms with E-state index in [1.807, 2.05) is 0 Å². The van der Waals surface area contributed by atoms with Crippen LogP contribution in [0.3, 0.4) is 0 Å². The van der Waals surface area contributed by atoms with E-state index in [9.17, 15) is 9.90 Å². The second-order valence-corrected chi connectivity index (χ2v) is 5.20. The molecule has 0 aromatic heterocycles. The first kappa shape index (κ1) is 13.5. The molecule has 1 fully saturated rings. The van der Waals surface area contributed by atoms with Crippen molar-refractivity contribution in [3.05, 3.63) is 0 Å². The summed E-state index contributed by atoms with van der Waals surface area (Å²) in [6.07, 6.45) is 4.23. The molecule has 0 heterocycles. The second-order valence-electron chi connectivity index (χ2n) is 5.20. The molecule has 94 valence electrons. The van der Waals surface area contributed by atoms with Gasteiger partial charge in [-0.05, 0) is 18.8 Å². The molecule has 0 radical (unpaired) electrons. The zero-order valence-corrected chi connectivity index (χ0v) is 10.4. The molecule has 1 rings (SSSR count). The van der Waals surface area contributed by atoms with Crippen molar-refractivity contribution in [3.63, 3.8) is 0 Å². The predicted molar refractivity (Wildman–Crippen MR) is 64.1 cm³/mol. The first-order valence-electron chi connectivity index (χ1n) is 6.20. The molecule has 4 heteroatoms. The number of amides is 1. The van der Waals surface area contributed by atoms with Crippen LogP contribution in [-0.4, -0.2) is 36.2 Å². The molecule has 0 aromatic rings. The normalized spacial score (nSPS) is 19.0. The summed E-state index contributed by atoms with van der Waals surface area (Å²) in [5.41, 5.74) is -0.199. The third-order valence-electron chi connectivity index (χ3n) is 3.19. The molecule has 3 N–H and O–H groups in total. The molecule has 1 aliphatic carbocycles. The summed E-state index contributed by atoms with van der Waals surface area (Å²) >= 11 is 0. The lowest BCUT2D eigenvalue weighted by Crippen LogP contribution is -2.50. The van der Waals surface area contributed by atoms with Crippen LogP contribution in [0.25, 0.3) is 0 Å². The van der Waals surface area contributed by atoms with Crippen molar-refractivity contribution < 1.29 is 9.90 Å². The van der Waals surface area contributed by atoms with E-state index in [-0.39, 0.29) is 18.1 Å². The predicted octanol–water partition coefficient (Wildman–Crippen LogP) is 0.653. The van der Waals surface area contributed by atoms with Crippen LogP contribution < -0.4 is 10.6 Å². The Morgan fingerprint density at radius 3 is 2.50 bits per heavy atom. The van der Waals surface area contributed by atoms with Crippen molar-refractivity contribution in [2.24, 2.45) is 5.92 Å². The Kier molecular flexibility index (Phi) is 5.22. The average Bonchev–Trinajstić information content (AvgIpc) is 2.73. The lowest BCUT2D eigenvalue weighted by atomic mass is 9.99. The van der Waals surface area contributed by atoms with E-state index in [2.05, 4.69) is 24.5 Å². The summed E-state index contributed by atoms with van der Waals surface area (Å²) in [6.45, 7) is 5.30. The Morgan fingerprint density at radius 1 is 1.38 bits per heavy atom. The molecular formula is C12H24N2O2. The van der Waals surface area contributed by atoms with Gasteiger partial charge in [0, 0.05) is 12.1 Å². The zero-order chi connectivity index (χ0) is 12.0. The summed E-state index contributed by atoms with van der Waals surface area (Å²) in [6, 6.07) is 0. The Balaban J connectivity index is 2.24. The third-order valence-corrected chi connectivity index (χ3v) is 3.19. The van der Waals surface area contributed by atoms with Crippen molar-refractivity contribution in [2.45, 2.75) is 45.1 Å². The van der Waals surface area contributed by atoms with E-state index < -0.39 is 0 Å². The summed E-state index contributed by atoms with van der Waals surface area (Å²) < 4.78 is 0. The van der Waals surface area contributed by atoms with Crippen LogP contribution in [0.4, 0.5) is 0 Å². The van der Waals surface area contributed by atoms with E-state index in [1.165, 1.54) is 0 Å². The summed E-state index contributed by atoms with van der Waals surface area (Å²) in [7, 11) is 0. The Bertz CT molecular complexity index is 223. The number of carbonyl (C=O) groups is 1. The molecule has 0 aromatic carbocycles. The molecule has 1 saturated carbocycles. The Hall–Kier alpha value is -0.610. The largest absolute Gasteiger partial charge is 0.394 e. The van der Waals surface area contributed by atoms with Crippen LogP contribution in [0, 0.1) is 5.92 Å². The highest BCUT2D eigenvalue weighted by molar-refractivity contribution is 5.78. The molecule has 0 atom stereocenters. The van der Waals surface area contributed by atoms with Gasteiger partial charge in [-0.25, -0.2) is 0 Å².